The average molecular weight is 246 g/mol. The highest BCUT2D eigenvalue weighted by Gasteiger charge is 2.18. The van der Waals surface area contributed by atoms with Gasteiger partial charge in [0.25, 0.3) is 0 Å². The van der Waals surface area contributed by atoms with Gasteiger partial charge in [-0.25, -0.2) is 0 Å². The van der Waals surface area contributed by atoms with Crippen molar-refractivity contribution in [2.24, 2.45) is 0 Å². The lowest BCUT2D eigenvalue weighted by Crippen LogP contribution is -1.93. The fraction of sp³-hybridized carbons (Fsp3) is 0.143. The number of hydrogen-bond acceptors (Lipinski definition) is 2. The van der Waals surface area contributed by atoms with Crippen molar-refractivity contribution in [2.75, 3.05) is 0 Å². The van der Waals surface area contributed by atoms with Crippen LogP contribution >= 0.6 is 23.5 Å². The number of hydrogen-bond donors (Lipinski definition) is 0. The molecule has 1 heterocycles. The van der Waals surface area contributed by atoms with Crippen LogP contribution in [0.4, 0.5) is 0 Å². The second kappa shape index (κ2) is 4.56. The lowest BCUT2D eigenvalue weighted by Gasteiger charge is -2.20. The summed E-state index contributed by atoms with van der Waals surface area (Å²) in [4.78, 5) is 5.11. The number of allylic oxidation sites excluding steroid dienone is 2. The monoisotopic (exact) mass is 246 g/mol. The minimum absolute atomic E-state index is 1.11. The van der Waals surface area contributed by atoms with E-state index < -0.39 is 0 Å². The Morgan fingerprint density at radius 1 is 1.25 bits per heavy atom. The summed E-state index contributed by atoms with van der Waals surface area (Å²) < 4.78 is 0. The Labute approximate surface area is 106 Å². The standard InChI is InChI=1S/C14H14S2/c1-5-11-14(9(2)3)16-13-8-10(4)6-7-12(13)15-11/h5-8H,1-2H2,3-4H3. The van der Waals surface area contributed by atoms with Gasteiger partial charge < -0.3 is 0 Å². The maximum Gasteiger partial charge on any atom is 0.0285 e. The van der Waals surface area contributed by atoms with E-state index in [0.29, 0.717) is 0 Å². The third kappa shape index (κ3) is 2.13. The zero-order chi connectivity index (χ0) is 11.7. The van der Waals surface area contributed by atoms with Gasteiger partial charge in [0.05, 0.1) is 0 Å². The summed E-state index contributed by atoms with van der Waals surface area (Å²) in [5, 5.41) is 0. The molecular weight excluding hydrogens is 232 g/mol. The quantitative estimate of drug-likeness (QED) is 0.706. The van der Waals surface area contributed by atoms with E-state index in [1.54, 1.807) is 23.5 Å². The van der Waals surface area contributed by atoms with Crippen LogP contribution in [0.2, 0.25) is 0 Å². The molecule has 2 rings (SSSR count). The van der Waals surface area contributed by atoms with Gasteiger partial charge in [-0.1, -0.05) is 48.8 Å². The second-order valence-corrected chi connectivity index (χ2v) is 5.97. The van der Waals surface area contributed by atoms with Crippen molar-refractivity contribution in [3.63, 3.8) is 0 Å². The first-order valence-corrected chi connectivity index (χ1v) is 6.74. The first kappa shape index (κ1) is 11.6. The number of fused-ring (bicyclic) bond motifs is 1. The average Bonchev–Trinajstić information content (AvgIpc) is 2.27. The van der Waals surface area contributed by atoms with E-state index in [1.165, 1.54) is 25.2 Å². The molecular formula is C14H14S2. The van der Waals surface area contributed by atoms with Crippen LogP contribution < -0.4 is 0 Å². The molecule has 0 fully saturated rings. The predicted molar refractivity (Wildman–Crippen MR) is 74.9 cm³/mol. The molecule has 0 unspecified atom stereocenters. The fourth-order valence-electron chi connectivity index (χ4n) is 1.54. The smallest absolute Gasteiger partial charge is 0.0285 e. The van der Waals surface area contributed by atoms with Crippen molar-refractivity contribution >= 4 is 23.5 Å². The number of benzene rings is 1. The van der Waals surface area contributed by atoms with Gasteiger partial charge in [-0.3, -0.25) is 0 Å². The first-order chi connectivity index (χ1) is 7.61. The largest absolute Gasteiger partial charge is 0.0979 e. The van der Waals surface area contributed by atoms with Crippen molar-refractivity contribution in [3.05, 3.63) is 58.4 Å². The summed E-state index contributed by atoms with van der Waals surface area (Å²) in [7, 11) is 0. The number of thioether (sulfide) groups is 2. The fourth-order valence-corrected chi connectivity index (χ4v) is 3.91. The molecule has 1 aromatic rings. The van der Waals surface area contributed by atoms with Crippen LogP contribution in [0.1, 0.15) is 12.5 Å². The van der Waals surface area contributed by atoms with E-state index in [-0.39, 0.29) is 0 Å². The molecule has 0 saturated carbocycles. The molecule has 2 heteroatoms. The molecule has 0 saturated heterocycles. The maximum absolute atomic E-state index is 4.03. The van der Waals surface area contributed by atoms with Crippen LogP contribution in [0.5, 0.6) is 0 Å². The number of aryl methyl sites for hydroxylation is 1. The minimum atomic E-state index is 1.11. The molecule has 0 aliphatic carbocycles. The Morgan fingerprint density at radius 3 is 2.62 bits per heavy atom. The van der Waals surface area contributed by atoms with Crippen molar-refractivity contribution in [1.29, 1.82) is 0 Å². The van der Waals surface area contributed by atoms with Gasteiger partial charge in [-0.2, -0.15) is 0 Å². The zero-order valence-corrected chi connectivity index (χ0v) is 11.2. The van der Waals surface area contributed by atoms with E-state index in [1.807, 2.05) is 13.0 Å². The molecule has 1 aliphatic rings. The molecule has 0 atom stereocenters. The molecule has 1 aromatic carbocycles. The molecule has 0 spiro atoms. The Hall–Kier alpha value is -0.860. The molecule has 0 amide bonds. The number of rotatable bonds is 2. The Kier molecular flexibility index (Phi) is 3.31. The van der Waals surface area contributed by atoms with Gasteiger partial charge in [0.15, 0.2) is 0 Å². The van der Waals surface area contributed by atoms with Crippen LogP contribution in [0.15, 0.2) is 62.6 Å². The van der Waals surface area contributed by atoms with E-state index >= 15 is 0 Å². The lowest BCUT2D eigenvalue weighted by atomic mass is 10.2. The highest BCUT2D eigenvalue weighted by Crippen LogP contribution is 2.49. The topological polar surface area (TPSA) is 0 Å². The summed E-state index contributed by atoms with van der Waals surface area (Å²) in [6, 6.07) is 6.57. The van der Waals surface area contributed by atoms with Gasteiger partial charge in [0, 0.05) is 19.6 Å². The molecule has 82 valence electrons. The molecule has 0 nitrogen and oxygen atoms in total. The van der Waals surface area contributed by atoms with Crippen LogP contribution in [0.3, 0.4) is 0 Å². The first-order valence-electron chi connectivity index (χ1n) is 5.11. The van der Waals surface area contributed by atoms with Gasteiger partial charge in [-0.05, 0) is 37.1 Å². The van der Waals surface area contributed by atoms with Gasteiger partial charge >= 0.3 is 0 Å². The van der Waals surface area contributed by atoms with E-state index in [9.17, 15) is 0 Å². The molecule has 0 radical (unpaired) electrons. The highest BCUT2D eigenvalue weighted by molar-refractivity contribution is 8.09. The zero-order valence-electron chi connectivity index (χ0n) is 9.54. The van der Waals surface area contributed by atoms with Gasteiger partial charge in [0.1, 0.15) is 0 Å². The molecule has 0 N–H and O–H groups in total. The minimum Gasteiger partial charge on any atom is -0.0979 e. The van der Waals surface area contributed by atoms with Crippen molar-refractivity contribution in [2.45, 2.75) is 23.6 Å². The van der Waals surface area contributed by atoms with E-state index in [0.717, 1.165) is 5.57 Å². The van der Waals surface area contributed by atoms with Crippen molar-refractivity contribution < 1.29 is 0 Å². The van der Waals surface area contributed by atoms with Gasteiger partial charge in [-0.15, -0.1) is 0 Å². The summed E-state index contributed by atoms with van der Waals surface area (Å²) in [5.74, 6) is 0. The highest BCUT2D eigenvalue weighted by atomic mass is 32.2. The van der Waals surface area contributed by atoms with Crippen molar-refractivity contribution in [1.82, 2.24) is 0 Å². The molecule has 16 heavy (non-hydrogen) atoms. The SMILES string of the molecule is C=CC1=C(C(=C)C)Sc2cc(C)ccc2S1. The molecule has 1 aliphatic heterocycles. The van der Waals surface area contributed by atoms with Crippen LogP contribution in [0.25, 0.3) is 0 Å². The Balaban J connectivity index is 2.47. The summed E-state index contributed by atoms with van der Waals surface area (Å²) in [5.41, 5.74) is 2.41. The van der Waals surface area contributed by atoms with E-state index in [2.05, 4.69) is 38.3 Å². The normalized spacial score (nSPS) is 14.6. The third-order valence-corrected chi connectivity index (χ3v) is 5.08. The van der Waals surface area contributed by atoms with Crippen LogP contribution in [-0.2, 0) is 0 Å². The predicted octanol–water partition coefficient (Wildman–Crippen LogP) is 5.17. The third-order valence-electron chi connectivity index (χ3n) is 2.33. The molecule has 0 aromatic heterocycles. The summed E-state index contributed by atoms with van der Waals surface area (Å²) in [6.45, 7) is 12.1. The van der Waals surface area contributed by atoms with Gasteiger partial charge in [0.2, 0.25) is 0 Å². The maximum atomic E-state index is 4.03. The van der Waals surface area contributed by atoms with Crippen molar-refractivity contribution in [3.8, 4) is 0 Å². The summed E-state index contributed by atoms with van der Waals surface area (Å²) in [6.07, 6.45) is 1.92. The Morgan fingerprint density at radius 2 is 2.00 bits per heavy atom. The molecule has 0 bridgehead atoms. The summed E-state index contributed by atoms with van der Waals surface area (Å²) >= 11 is 3.58. The van der Waals surface area contributed by atoms with E-state index in [4.69, 9.17) is 0 Å². The lowest BCUT2D eigenvalue weighted by molar-refractivity contribution is 1.21. The Bertz CT molecular complexity index is 495. The second-order valence-electron chi connectivity index (χ2n) is 3.83. The van der Waals surface area contributed by atoms with Crippen LogP contribution in [0, 0.1) is 6.92 Å². The van der Waals surface area contributed by atoms with Crippen LogP contribution in [-0.4, -0.2) is 0 Å².